The molecule has 0 aliphatic carbocycles. The Morgan fingerprint density at radius 3 is 2.41 bits per heavy atom. The molecule has 0 aliphatic heterocycles. The largest absolute Gasteiger partial charge is 0.463 e. The molecule has 4 nitrogen and oxygen atoms in total. The zero-order chi connectivity index (χ0) is 15.7. The van der Waals surface area contributed by atoms with Crippen LogP contribution < -0.4 is 0 Å². The van der Waals surface area contributed by atoms with Gasteiger partial charge in [-0.15, -0.1) is 0 Å². The van der Waals surface area contributed by atoms with Crippen LogP contribution in [0.4, 0.5) is 4.39 Å². The van der Waals surface area contributed by atoms with E-state index >= 15 is 0 Å². The molecule has 0 atom stereocenters. The summed E-state index contributed by atoms with van der Waals surface area (Å²) in [4.78, 5) is 27.1. The molecule has 0 aliphatic rings. The summed E-state index contributed by atoms with van der Waals surface area (Å²) in [6, 6.07) is 12.8. The van der Waals surface area contributed by atoms with E-state index in [0.29, 0.717) is 22.2 Å². The molecular formula is C17H12FNO3. The van der Waals surface area contributed by atoms with Crippen molar-refractivity contribution in [1.29, 1.82) is 0 Å². The third kappa shape index (κ3) is 2.26. The van der Waals surface area contributed by atoms with Gasteiger partial charge in [0.2, 0.25) is 0 Å². The molecule has 0 amide bonds. The zero-order valence-electron chi connectivity index (χ0n) is 11.7. The van der Waals surface area contributed by atoms with Gasteiger partial charge in [0, 0.05) is 10.9 Å². The molecule has 0 unspecified atom stereocenters. The third-order valence-electron chi connectivity index (χ3n) is 3.44. The standard InChI is InChI=1S/C17H12FNO3/c1-22-17(21)16(20)14-12-4-2-3-5-13(12)19-15(14)10-6-8-11(18)9-7-10/h2-9,19H,1H3. The van der Waals surface area contributed by atoms with Gasteiger partial charge < -0.3 is 9.72 Å². The van der Waals surface area contributed by atoms with Gasteiger partial charge in [0.1, 0.15) is 5.82 Å². The molecular weight excluding hydrogens is 285 g/mol. The Labute approximate surface area is 125 Å². The molecule has 3 rings (SSSR count). The molecule has 1 aromatic heterocycles. The fourth-order valence-electron chi connectivity index (χ4n) is 2.41. The van der Waals surface area contributed by atoms with Crippen LogP contribution in [0, 0.1) is 5.82 Å². The Balaban J connectivity index is 2.27. The fraction of sp³-hybridized carbons (Fsp3) is 0.0588. The zero-order valence-corrected chi connectivity index (χ0v) is 11.7. The lowest BCUT2D eigenvalue weighted by atomic mass is 10.0. The summed E-state index contributed by atoms with van der Waals surface area (Å²) in [7, 11) is 1.16. The van der Waals surface area contributed by atoms with Crippen molar-refractivity contribution >= 4 is 22.7 Å². The Morgan fingerprint density at radius 2 is 1.73 bits per heavy atom. The molecule has 1 heterocycles. The van der Waals surface area contributed by atoms with Gasteiger partial charge in [0.25, 0.3) is 5.78 Å². The maximum Gasteiger partial charge on any atom is 0.379 e. The Bertz CT molecular complexity index is 865. The highest BCUT2D eigenvalue weighted by molar-refractivity contribution is 6.44. The highest BCUT2D eigenvalue weighted by atomic mass is 19.1. The number of rotatable bonds is 3. The molecule has 1 N–H and O–H groups in total. The lowest BCUT2D eigenvalue weighted by molar-refractivity contribution is -0.135. The number of nitrogens with one attached hydrogen (secondary N) is 1. The number of aromatic amines is 1. The number of hydrogen-bond donors (Lipinski definition) is 1. The Hall–Kier alpha value is -2.95. The number of halogens is 1. The maximum absolute atomic E-state index is 13.1. The molecule has 0 radical (unpaired) electrons. The van der Waals surface area contributed by atoms with Crippen molar-refractivity contribution < 1.29 is 18.7 Å². The van der Waals surface area contributed by atoms with Crippen LogP contribution in [-0.2, 0) is 9.53 Å². The molecule has 0 spiro atoms. The van der Waals surface area contributed by atoms with E-state index in [4.69, 9.17) is 0 Å². The smallest absolute Gasteiger partial charge is 0.379 e. The minimum Gasteiger partial charge on any atom is -0.463 e. The van der Waals surface area contributed by atoms with E-state index in [2.05, 4.69) is 9.72 Å². The molecule has 0 fully saturated rings. The molecule has 0 bridgehead atoms. The second kappa shape index (κ2) is 5.44. The van der Waals surface area contributed by atoms with Crippen LogP contribution in [0.3, 0.4) is 0 Å². The van der Waals surface area contributed by atoms with Gasteiger partial charge in [-0.3, -0.25) is 4.79 Å². The van der Waals surface area contributed by atoms with Crippen molar-refractivity contribution in [2.45, 2.75) is 0 Å². The fourth-order valence-corrected chi connectivity index (χ4v) is 2.41. The molecule has 5 heteroatoms. The van der Waals surface area contributed by atoms with Gasteiger partial charge in [0.05, 0.1) is 18.4 Å². The summed E-state index contributed by atoms with van der Waals surface area (Å²) < 4.78 is 17.6. The van der Waals surface area contributed by atoms with Crippen molar-refractivity contribution in [1.82, 2.24) is 4.98 Å². The minimum absolute atomic E-state index is 0.231. The quantitative estimate of drug-likeness (QED) is 0.458. The van der Waals surface area contributed by atoms with Crippen LogP contribution in [-0.4, -0.2) is 23.8 Å². The molecule has 0 saturated heterocycles. The number of carbonyl (C=O) groups excluding carboxylic acids is 2. The Morgan fingerprint density at radius 1 is 1.05 bits per heavy atom. The number of ketones is 1. The third-order valence-corrected chi connectivity index (χ3v) is 3.44. The SMILES string of the molecule is COC(=O)C(=O)c1c(-c2ccc(F)cc2)[nH]c2ccccc12. The second-order valence-corrected chi connectivity index (χ2v) is 4.75. The average Bonchev–Trinajstić information content (AvgIpc) is 2.93. The number of esters is 1. The van der Waals surface area contributed by atoms with Gasteiger partial charge in [-0.25, -0.2) is 9.18 Å². The maximum atomic E-state index is 13.1. The number of aromatic nitrogens is 1. The molecule has 22 heavy (non-hydrogen) atoms. The summed E-state index contributed by atoms with van der Waals surface area (Å²) >= 11 is 0. The van der Waals surface area contributed by atoms with Crippen LogP contribution in [0.25, 0.3) is 22.2 Å². The van der Waals surface area contributed by atoms with E-state index in [1.54, 1.807) is 30.3 Å². The van der Waals surface area contributed by atoms with Crippen LogP contribution in [0.5, 0.6) is 0 Å². The van der Waals surface area contributed by atoms with E-state index < -0.39 is 11.8 Å². The highest BCUT2D eigenvalue weighted by Crippen LogP contribution is 2.31. The van der Waals surface area contributed by atoms with Crippen molar-refractivity contribution in [3.8, 4) is 11.3 Å². The van der Waals surface area contributed by atoms with Crippen molar-refractivity contribution in [2.75, 3.05) is 7.11 Å². The number of ether oxygens (including phenoxy) is 1. The summed E-state index contributed by atoms with van der Waals surface area (Å²) in [5.74, 6) is -2.05. The minimum atomic E-state index is -0.937. The first-order valence-electron chi connectivity index (χ1n) is 6.61. The van der Waals surface area contributed by atoms with Crippen LogP contribution in [0.2, 0.25) is 0 Å². The number of H-pyrrole nitrogens is 1. The van der Waals surface area contributed by atoms with E-state index in [0.717, 1.165) is 7.11 Å². The summed E-state index contributed by atoms with van der Waals surface area (Å²) in [6.07, 6.45) is 0. The first kappa shape index (κ1) is 14.0. The average molecular weight is 297 g/mol. The van der Waals surface area contributed by atoms with E-state index in [-0.39, 0.29) is 11.4 Å². The van der Waals surface area contributed by atoms with Gasteiger partial charge >= 0.3 is 5.97 Å². The summed E-state index contributed by atoms with van der Waals surface area (Å²) in [5.41, 5.74) is 2.03. The second-order valence-electron chi connectivity index (χ2n) is 4.75. The number of para-hydroxylation sites is 1. The number of carbonyl (C=O) groups is 2. The Kier molecular flexibility index (Phi) is 3.47. The number of fused-ring (bicyclic) bond motifs is 1. The predicted molar refractivity (Wildman–Crippen MR) is 80.0 cm³/mol. The van der Waals surface area contributed by atoms with E-state index in [9.17, 15) is 14.0 Å². The van der Waals surface area contributed by atoms with Gasteiger partial charge in [-0.05, 0) is 35.9 Å². The van der Waals surface area contributed by atoms with Crippen molar-refractivity contribution in [3.63, 3.8) is 0 Å². The lowest BCUT2D eigenvalue weighted by Crippen LogP contribution is -2.16. The molecule has 2 aromatic carbocycles. The number of benzene rings is 2. The summed E-state index contributed by atoms with van der Waals surface area (Å²) in [5, 5.41) is 0.622. The first-order chi connectivity index (χ1) is 10.6. The van der Waals surface area contributed by atoms with Crippen LogP contribution in [0.15, 0.2) is 48.5 Å². The van der Waals surface area contributed by atoms with E-state index in [1.165, 1.54) is 12.1 Å². The number of Topliss-reactive ketones (excluding diaryl/α,β-unsaturated/α-hetero) is 1. The lowest BCUT2D eigenvalue weighted by Gasteiger charge is -2.03. The van der Waals surface area contributed by atoms with Crippen molar-refractivity contribution in [2.24, 2.45) is 0 Å². The van der Waals surface area contributed by atoms with Crippen molar-refractivity contribution in [3.05, 3.63) is 59.9 Å². The van der Waals surface area contributed by atoms with E-state index in [1.807, 2.05) is 6.07 Å². The highest BCUT2D eigenvalue weighted by Gasteiger charge is 2.25. The normalized spacial score (nSPS) is 10.6. The molecule has 110 valence electrons. The predicted octanol–water partition coefficient (Wildman–Crippen LogP) is 3.33. The summed E-state index contributed by atoms with van der Waals surface area (Å²) in [6.45, 7) is 0. The van der Waals surface area contributed by atoms with Crippen LogP contribution >= 0.6 is 0 Å². The topological polar surface area (TPSA) is 59.2 Å². The number of methoxy groups -OCH3 is 1. The molecule has 3 aromatic rings. The van der Waals surface area contributed by atoms with Gasteiger partial charge in [0.15, 0.2) is 0 Å². The number of hydrogen-bond acceptors (Lipinski definition) is 3. The van der Waals surface area contributed by atoms with Gasteiger partial charge in [-0.2, -0.15) is 0 Å². The molecule has 0 saturated carbocycles. The first-order valence-corrected chi connectivity index (χ1v) is 6.61. The van der Waals surface area contributed by atoms with Gasteiger partial charge in [-0.1, -0.05) is 18.2 Å². The van der Waals surface area contributed by atoms with Crippen LogP contribution in [0.1, 0.15) is 10.4 Å². The monoisotopic (exact) mass is 297 g/mol.